The number of sulfone groups is 2. The molecule has 7 nitrogen and oxygen atoms in total. The van der Waals surface area contributed by atoms with Gasteiger partial charge in [-0.3, -0.25) is 0 Å². The van der Waals surface area contributed by atoms with Crippen molar-refractivity contribution in [3.8, 4) is 0 Å². The Hall–Kier alpha value is -1.32. The van der Waals surface area contributed by atoms with Gasteiger partial charge in [0.15, 0.2) is 19.7 Å². The number of hydrogen-bond donors (Lipinski definition) is 1. The Bertz CT molecular complexity index is 898. The molecule has 0 saturated carbocycles. The Kier molecular flexibility index (Phi) is 4.29. The highest BCUT2D eigenvalue weighted by Crippen LogP contribution is 2.38. The minimum atomic E-state index is -3.47. The standard InChI is InChI=1S/C14H17ClN2O5S2/c1-17(14(18)16-10-4-5-23(19,20)7-10)12-8-24(21,22)13-3-2-9(15)6-11(12)13/h2-3,6,10,12H,4-5,7-8H2,1H3,(H,16,18)/t10-,12-/m1/s1. The Morgan fingerprint density at radius 3 is 2.58 bits per heavy atom. The number of benzene rings is 1. The molecule has 1 N–H and O–H groups in total. The fraction of sp³-hybridized carbons (Fsp3) is 0.500. The van der Waals surface area contributed by atoms with Crippen LogP contribution in [0.4, 0.5) is 4.79 Å². The largest absolute Gasteiger partial charge is 0.334 e. The highest BCUT2D eigenvalue weighted by Gasteiger charge is 2.39. The van der Waals surface area contributed by atoms with Gasteiger partial charge in [0.2, 0.25) is 0 Å². The average Bonchev–Trinajstić information content (AvgIpc) is 2.94. The predicted octanol–water partition coefficient (Wildman–Crippen LogP) is 0.997. The van der Waals surface area contributed by atoms with Crippen molar-refractivity contribution in [1.82, 2.24) is 10.2 Å². The van der Waals surface area contributed by atoms with E-state index in [0.717, 1.165) is 0 Å². The number of nitrogens with one attached hydrogen (secondary N) is 1. The Balaban J connectivity index is 1.80. The van der Waals surface area contributed by atoms with Crippen LogP contribution in [0.5, 0.6) is 0 Å². The monoisotopic (exact) mass is 392 g/mol. The van der Waals surface area contributed by atoms with Crippen LogP contribution in [0.2, 0.25) is 5.02 Å². The molecule has 1 fully saturated rings. The first-order valence-corrected chi connectivity index (χ1v) is 11.2. The molecule has 2 heterocycles. The van der Waals surface area contributed by atoms with Crippen LogP contribution in [0, 0.1) is 0 Å². The highest BCUT2D eigenvalue weighted by molar-refractivity contribution is 7.92. The second-order valence-corrected chi connectivity index (χ2v) is 10.8. The second kappa shape index (κ2) is 5.89. The summed E-state index contributed by atoms with van der Waals surface area (Å²) in [5.41, 5.74) is 0.485. The molecule has 0 unspecified atom stereocenters. The number of rotatable bonds is 2. The topological polar surface area (TPSA) is 101 Å². The molecular weight excluding hydrogens is 376 g/mol. The molecular formula is C14H17ClN2O5S2. The van der Waals surface area contributed by atoms with Gasteiger partial charge in [-0.25, -0.2) is 21.6 Å². The van der Waals surface area contributed by atoms with Crippen molar-refractivity contribution in [3.05, 3.63) is 28.8 Å². The van der Waals surface area contributed by atoms with E-state index in [0.29, 0.717) is 17.0 Å². The summed E-state index contributed by atoms with van der Waals surface area (Å²) in [4.78, 5) is 13.9. The van der Waals surface area contributed by atoms with E-state index >= 15 is 0 Å². The molecule has 1 saturated heterocycles. The number of amides is 2. The SMILES string of the molecule is CN(C(=O)N[C@@H]1CCS(=O)(=O)C1)[C@@H]1CS(=O)(=O)c2ccc(Cl)cc21. The summed E-state index contributed by atoms with van der Waals surface area (Å²) in [6.07, 6.45) is 0.368. The molecule has 1 aromatic rings. The molecule has 0 spiro atoms. The minimum Gasteiger partial charge on any atom is -0.334 e. The van der Waals surface area contributed by atoms with Crippen molar-refractivity contribution >= 4 is 37.3 Å². The van der Waals surface area contributed by atoms with E-state index in [-0.39, 0.29) is 22.2 Å². The van der Waals surface area contributed by atoms with Crippen molar-refractivity contribution in [3.63, 3.8) is 0 Å². The lowest BCUT2D eigenvalue weighted by molar-refractivity contribution is 0.192. The Morgan fingerprint density at radius 2 is 1.96 bits per heavy atom. The van der Waals surface area contributed by atoms with Crippen LogP contribution in [0.1, 0.15) is 18.0 Å². The molecule has 0 aliphatic carbocycles. The third kappa shape index (κ3) is 3.25. The van der Waals surface area contributed by atoms with Gasteiger partial charge in [-0.15, -0.1) is 0 Å². The fourth-order valence-electron chi connectivity index (χ4n) is 3.10. The quantitative estimate of drug-likeness (QED) is 0.809. The molecule has 0 aromatic heterocycles. The van der Waals surface area contributed by atoms with Crippen LogP contribution in [0.3, 0.4) is 0 Å². The van der Waals surface area contributed by atoms with Gasteiger partial charge in [0.05, 0.1) is 28.2 Å². The molecule has 0 bridgehead atoms. The van der Waals surface area contributed by atoms with Crippen molar-refractivity contribution in [2.75, 3.05) is 24.3 Å². The molecule has 0 radical (unpaired) electrons. The summed E-state index contributed by atoms with van der Waals surface area (Å²) in [7, 11) is -5.08. The van der Waals surface area contributed by atoms with Crippen LogP contribution >= 0.6 is 11.6 Å². The van der Waals surface area contributed by atoms with E-state index in [1.54, 1.807) is 6.07 Å². The number of hydrogen-bond acceptors (Lipinski definition) is 5. The fourth-order valence-corrected chi connectivity index (χ4v) is 6.78. The lowest BCUT2D eigenvalue weighted by Crippen LogP contribution is -2.45. The number of carbonyl (C=O) groups excluding carboxylic acids is 1. The summed E-state index contributed by atoms with van der Waals surface area (Å²) in [6, 6.07) is 2.91. The van der Waals surface area contributed by atoms with Gasteiger partial charge in [0, 0.05) is 18.1 Å². The summed E-state index contributed by atoms with van der Waals surface area (Å²) < 4.78 is 47.5. The van der Waals surface area contributed by atoms with Gasteiger partial charge in [-0.2, -0.15) is 0 Å². The van der Waals surface area contributed by atoms with Crippen molar-refractivity contribution in [2.45, 2.75) is 23.4 Å². The van der Waals surface area contributed by atoms with Gasteiger partial charge in [0.25, 0.3) is 0 Å². The molecule has 132 valence electrons. The van der Waals surface area contributed by atoms with E-state index in [1.807, 2.05) is 0 Å². The first kappa shape index (κ1) is 17.5. The normalized spacial score (nSPS) is 26.8. The number of fused-ring (bicyclic) bond motifs is 1. The van der Waals surface area contributed by atoms with Crippen molar-refractivity contribution < 1.29 is 21.6 Å². The van der Waals surface area contributed by atoms with E-state index < -0.39 is 37.8 Å². The maximum absolute atomic E-state index is 12.4. The molecule has 24 heavy (non-hydrogen) atoms. The number of nitrogens with zero attached hydrogens (tertiary/aromatic N) is 1. The van der Waals surface area contributed by atoms with E-state index in [9.17, 15) is 21.6 Å². The molecule has 2 atom stereocenters. The Labute approximate surface area is 145 Å². The van der Waals surface area contributed by atoms with Gasteiger partial charge >= 0.3 is 6.03 Å². The van der Waals surface area contributed by atoms with Gasteiger partial charge in [-0.05, 0) is 30.2 Å². The first-order valence-electron chi connectivity index (χ1n) is 7.35. The molecule has 10 heteroatoms. The van der Waals surface area contributed by atoms with Gasteiger partial charge in [-0.1, -0.05) is 11.6 Å². The second-order valence-electron chi connectivity index (χ2n) is 6.14. The summed E-state index contributed by atoms with van der Waals surface area (Å²) >= 11 is 5.95. The van der Waals surface area contributed by atoms with Crippen LogP contribution in [-0.2, 0) is 19.7 Å². The lowest BCUT2D eigenvalue weighted by Gasteiger charge is -2.26. The third-order valence-corrected chi connectivity index (χ3v) is 8.19. The van der Waals surface area contributed by atoms with E-state index in [1.165, 1.54) is 24.1 Å². The molecule has 3 rings (SSSR count). The maximum atomic E-state index is 12.4. The van der Waals surface area contributed by atoms with Gasteiger partial charge in [0.1, 0.15) is 0 Å². The minimum absolute atomic E-state index is 0.0535. The zero-order valence-corrected chi connectivity index (χ0v) is 15.3. The smallest absolute Gasteiger partial charge is 0.317 e. The first-order chi connectivity index (χ1) is 11.1. The van der Waals surface area contributed by atoms with E-state index in [4.69, 9.17) is 11.6 Å². The highest BCUT2D eigenvalue weighted by atomic mass is 35.5. The average molecular weight is 393 g/mol. The van der Waals surface area contributed by atoms with Crippen LogP contribution < -0.4 is 5.32 Å². The van der Waals surface area contributed by atoms with E-state index in [2.05, 4.69) is 5.32 Å². The number of urea groups is 1. The Morgan fingerprint density at radius 1 is 1.25 bits per heavy atom. The van der Waals surface area contributed by atoms with Crippen molar-refractivity contribution in [2.24, 2.45) is 0 Å². The number of carbonyl (C=O) groups is 1. The molecule has 2 aliphatic rings. The maximum Gasteiger partial charge on any atom is 0.317 e. The number of halogens is 1. The molecule has 2 amide bonds. The molecule has 1 aromatic carbocycles. The summed E-state index contributed by atoms with van der Waals surface area (Å²) in [6.45, 7) is 0. The van der Waals surface area contributed by atoms with Crippen LogP contribution in [-0.4, -0.2) is 58.1 Å². The summed E-state index contributed by atoms with van der Waals surface area (Å²) in [5, 5.41) is 3.06. The zero-order valence-electron chi connectivity index (χ0n) is 12.9. The third-order valence-electron chi connectivity index (χ3n) is 4.39. The van der Waals surface area contributed by atoms with Crippen LogP contribution in [0.25, 0.3) is 0 Å². The van der Waals surface area contributed by atoms with Crippen LogP contribution in [0.15, 0.2) is 23.1 Å². The summed E-state index contributed by atoms with van der Waals surface area (Å²) in [5.74, 6) is -0.245. The van der Waals surface area contributed by atoms with Gasteiger partial charge < -0.3 is 10.2 Å². The lowest BCUT2D eigenvalue weighted by atomic mass is 10.1. The predicted molar refractivity (Wildman–Crippen MR) is 89.6 cm³/mol. The molecule has 2 aliphatic heterocycles. The van der Waals surface area contributed by atoms with Crippen molar-refractivity contribution in [1.29, 1.82) is 0 Å². The zero-order chi connectivity index (χ0) is 17.7.